The number of benzene rings is 15. The lowest BCUT2D eigenvalue weighted by molar-refractivity contribution is 0.672. The summed E-state index contributed by atoms with van der Waals surface area (Å²) in [5, 5.41) is 9.11. The average Bonchev–Trinajstić information content (AvgIpc) is 1.38. The fraction of sp³-hybridized carbons (Fsp3) is 0.0217. The van der Waals surface area contributed by atoms with Crippen molar-refractivity contribution in [3.8, 4) is 22.3 Å². The van der Waals surface area contributed by atoms with Crippen LogP contribution < -0.4 is 31.7 Å². The molecule has 19 aromatic rings. The Morgan fingerprint density at radius 1 is 0.270 bits per heavy atom. The van der Waals surface area contributed by atoms with Crippen LogP contribution in [-0.4, -0.2) is 22.7 Å². The normalized spacial score (nSPS) is 14.6. The second kappa shape index (κ2) is 20.4. The third kappa shape index (κ3) is 7.33. The maximum absolute atomic E-state index is 7.20. The largest absolute Gasteiger partial charge is 0.455 e. The molecule has 2 unspecified atom stereocenters. The van der Waals surface area contributed by atoms with Crippen LogP contribution in [0.15, 0.2) is 336 Å². The van der Waals surface area contributed by atoms with Gasteiger partial charge in [0.2, 0.25) is 0 Å². The summed E-state index contributed by atoms with van der Waals surface area (Å²) in [5.41, 5.74) is 32.7. The molecular weight excluding hydrogens is 1210 g/mol. The van der Waals surface area contributed by atoms with Gasteiger partial charge in [-0.15, -0.1) is 0 Å². The van der Waals surface area contributed by atoms with Gasteiger partial charge in [0.15, 0.2) is 0 Å². The highest BCUT2D eigenvalue weighted by molar-refractivity contribution is 6.91. The van der Waals surface area contributed by atoms with Crippen molar-refractivity contribution in [2.45, 2.75) is 11.8 Å². The molecule has 0 spiro atoms. The Morgan fingerprint density at radius 2 is 0.610 bits per heavy atom. The molecule has 462 valence electrons. The Kier molecular flexibility index (Phi) is 11.1. The molecule has 4 aliphatic rings. The zero-order valence-electron chi connectivity index (χ0n) is 54.1. The van der Waals surface area contributed by atoms with Crippen LogP contribution in [0, 0.1) is 0 Å². The first-order chi connectivity index (χ1) is 49.7. The van der Waals surface area contributed by atoms with E-state index < -0.39 is 0 Å². The van der Waals surface area contributed by atoms with Crippen molar-refractivity contribution >= 4 is 157 Å². The van der Waals surface area contributed by atoms with E-state index in [0.29, 0.717) is 0 Å². The SMILES string of the molecule is c1ccc(C2c3cc4c(cc3B3c5c(cc(N(c6ccccc6)c6ccccc6)cc52)-c2cc5c6ccccc6oc5c5c6ccccc6n3c25)B2c3c(cc(N(c5ccccc5)c5ccccc5)cc3C4c3ccccc3)-c3cc4c5ccccc5oc4c4c5ccccc5n2c34)cc1. The van der Waals surface area contributed by atoms with E-state index >= 15 is 0 Å². The third-order valence-electron chi connectivity index (χ3n) is 22.6. The van der Waals surface area contributed by atoms with E-state index in [-0.39, 0.29) is 25.5 Å². The van der Waals surface area contributed by atoms with E-state index in [4.69, 9.17) is 8.83 Å². The van der Waals surface area contributed by atoms with E-state index in [0.717, 1.165) is 88.8 Å². The number of fused-ring (bicyclic) bond motifs is 22. The minimum atomic E-state index is -0.269. The monoisotopic (exact) mass is 1270 g/mol. The third-order valence-corrected chi connectivity index (χ3v) is 22.6. The second-order valence-electron chi connectivity index (χ2n) is 27.6. The fourth-order valence-electron chi connectivity index (χ4n) is 18.8. The molecule has 0 aliphatic carbocycles. The summed E-state index contributed by atoms with van der Waals surface area (Å²) >= 11 is 0. The van der Waals surface area contributed by atoms with Gasteiger partial charge >= 0.3 is 13.7 Å². The van der Waals surface area contributed by atoms with E-state index in [1.165, 1.54) is 110 Å². The summed E-state index contributed by atoms with van der Waals surface area (Å²) in [7, 11) is 0. The van der Waals surface area contributed by atoms with Crippen LogP contribution in [0.4, 0.5) is 34.1 Å². The minimum Gasteiger partial charge on any atom is -0.455 e. The molecule has 4 aromatic heterocycles. The Hall–Kier alpha value is -12.8. The maximum atomic E-state index is 7.20. The van der Waals surface area contributed by atoms with E-state index in [9.17, 15) is 0 Å². The highest BCUT2D eigenvalue weighted by Crippen LogP contribution is 2.54. The molecule has 8 heteroatoms. The molecule has 0 saturated carbocycles. The maximum Gasteiger partial charge on any atom is 0.329 e. The van der Waals surface area contributed by atoms with Gasteiger partial charge in [0.05, 0.1) is 10.8 Å². The highest BCUT2D eigenvalue weighted by atomic mass is 16.3. The highest BCUT2D eigenvalue weighted by Gasteiger charge is 2.50. The second-order valence-corrected chi connectivity index (χ2v) is 27.6. The summed E-state index contributed by atoms with van der Waals surface area (Å²) in [5.74, 6) is -0.396. The number of nitrogens with zero attached hydrogens (tertiary/aromatic N) is 4. The van der Waals surface area contributed by atoms with Gasteiger partial charge < -0.3 is 27.6 Å². The number of aromatic nitrogens is 2. The molecule has 8 heterocycles. The summed E-state index contributed by atoms with van der Waals surface area (Å²) in [4.78, 5) is 4.94. The number of hydrogen-bond acceptors (Lipinski definition) is 4. The number of furan rings is 2. The molecule has 100 heavy (non-hydrogen) atoms. The lowest BCUT2D eigenvalue weighted by atomic mass is 9.37. The van der Waals surface area contributed by atoms with Crippen molar-refractivity contribution in [1.29, 1.82) is 0 Å². The smallest absolute Gasteiger partial charge is 0.329 e. The van der Waals surface area contributed by atoms with Crippen LogP contribution >= 0.6 is 0 Å². The summed E-state index contributed by atoms with van der Waals surface area (Å²) in [6, 6.07) is 123. The van der Waals surface area contributed by atoms with E-state index in [1.54, 1.807) is 0 Å². The molecule has 0 bridgehead atoms. The van der Waals surface area contributed by atoms with Gasteiger partial charge in [-0.2, -0.15) is 0 Å². The molecule has 4 aliphatic heterocycles. The Morgan fingerprint density at radius 3 is 1.00 bits per heavy atom. The lowest BCUT2D eigenvalue weighted by Gasteiger charge is -2.43. The molecule has 15 aromatic carbocycles. The number of para-hydroxylation sites is 8. The fourth-order valence-corrected chi connectivity index (χ4v) is 18.8. The van der Waals surface area contributed by atoms with Gasteiger partial charge in [-0.25, -0.2) is 0 Å². The van der Waals surface area contributed by atoms with E-state index in [1.807, 2.05) is 0 Å². The first-order valence-corrected chi connectivity index (χ1v) is 34.8. The van der Waals surface area contributed by atoms with Crippen molar-refractivity contribution in [1.82, 2.24) is 8.96 Å². The van der Waals surface area contributed by atoms with Gasteiger partial charge in [0, 0.05) is 111 Å². The molecule has 0 radical (unpaired) electrons. The topological polar surface area (TPSA) is 42.6 Å². The Balaban J connectivity index is 0.898. The molecule has 23 rings (SSSR count). The van der Waals surface area contributed by atoms with Gasteiger partial charge in [0.25, 0.3) is 0 Å². The van der Waals surface area contributed by atoms with Crippen molar-refractivity contribution < 1.29 is 8.83 Å². The molecule has 0 amide bonds. The van der Waals surface area contributed by atoms with Gasteiger partial charge in [-0.1, -0.05) is 218 Å². The molecular formula is C92H56B2N4O2. The predicted molar refractivity (Wildman–Crippen MR) is 416 cm³/mol. The van der Waals surface area contributed by atoms with Crippen LogP contribution in [0.5, 0.6) is 0 Å². The van der Waals surface area contributed by atoms with Crippen LogP contribution in [0.25, 0.3) is 110 Å². The molecule has 2 atom stereocenters. The number of anilines is 6. The molecule has 0 fully saturated rings. The minimum absolute atomic E-state index is 0.198. The van der Waals surface area contributed by atoms with Crippen molar-refractivity contribution in [3.05, 3.63) is 361 Å². The standard InChI is InChI=1S/C92H56B2N4O2/c1-7-27-55(28-8-1)83-73-53-74-78(54-77(73)93-87-67(47-61(49-75(83)87)95(57-31-11-3-12-32-57)58-33-13-4-14-34-58)69-51-71-63-39-21-25-45-81(63)99-91(71)85-65-41-19-23-43-79(65)97(93)89(69)85)94-88-68(70-52-72-64-40-22-26-46-82(64)100-92(72)86-66-42-20-24-44-80(66)98(94)90(70)86)48-62(50-76(88)84(74)56-29-9-2-10-30-56)96(59-35-15-5-16-36-59)60-37-17-6-18-38-60/h1-54,83-84H. The van der Waals surface area contributed by atoms with Gasteiger partial charge in [-0.3, -0.25) is 0 Å². The van der Waals surface area contributed by atoms with E-state index in [2.05, 4.69) is 346 Å². The molecule has 0 saturated heterocycles. The average molecular weight is 1270 g/mol. The zero-order valence-corrected chi connectivity index (χ0v) is 54.1. The number of rotatable bonds is 8. The van der Waals surface area contributed by atoms with Crippen LogP contribution in [0.1, 0.15) is 45.2 Å². The molecule has 0 N–H and O–H groups in total. The van der Waals surface area contributed by atoms with Crippen molar-refractivity contribution in [2.75, 3.05) is 9.80 Å². The van der Waals surface area contributed by atoms with Crippen LogP contribution in [0.2, 0.25) is 0 Å². The first kappa shape index (κ1) is 54.4. The first-order valence-electron chi connectivity index (χ1n) is 34.8. The van der Waals surface area contributed by atoms with Gasteiger partial charge in [0.1, 0.15) is 22.3 Å². The molecule has 6 nitrogen and oxygen atoms in total. The predicted octanol–water partition coefficient (Wildman–Crippen LogP) is 20.9. The lowest BCUT2D eigenvalue weighted by Crippen LogP contribution is -2.62. The van der Waals surface area contributed by atoms with Crippen LogP contribution in [-0.2, 0) is 0 Å². The summed E-state index contributed by atoms with van der Waals surface area (Å²) < 4.78 is 19.9. The van der Waals surface area contributed by atoms with Crippen molar-refractivity contribution in [3.63, 3.8) is 0 Å². The van der Waals surface area contributed by atoms with Crippen molar-refractivity contribution in [2.24, 2.45) is 0 Å². The number of hydrogen-bond donors (Lipinski definition) is 0. The Bertz CT molecular complexity index is 6200. The Labute approximate surface area is 576 Å². The summed E-state index contributed by atoms with van der Waals surface area (Å²) in [6.07, 6.45) is 0. The zero-order chi connectivity index (χ0) is 65.0. The van der Waals surface area contributed by atoms with Gasteiger partial charge in [-0.05, 0) is 176 Å². The summed E-state index contributed by atoms with van der Waals surface area (Å²) in [6.45, 7) is -0.539. The quantitative estimate of drug-likeness (QED) is 0.142. The van der Waals surface area contributed by atoms with Crippen LogP contribution in [0.3, 0.4) is 0 Å².